The van der Waals surface area contributed by atoms with Crippen molar-refractivity contribution in [2.24, 2.45) is 11.7 Å². The van der Waals surface area contributed by atoms with E-state index < -0.39 is 23.5 Å². The van der Waals surface area contributed by atoms with Gasteiger partial charge >= 0.3 is 0 Å². The van der Waals surface area contributed by atoms with Crippen LogP contribution in [0, 0.1) is 17.6 Å². The van der Waals surface area contributed by atoms with Crippen LogP contribution < -0.4 is 10.6 Å². The monoisotopic (exact) mass is 268 g/mol. The van der Waals surface area contributed by atoms with Crippen LogP contribution in [0.5, 0.6) is 0 Å². The maximum absolute atomic E-state index is 13.9. The molecule has 0 aromatic heterocycles. The minimum absolute atomic E-state index is 0.0535. The van der Waals surface area contributed by atoms with Crippen LogP contribution in [0.15, 0.2) is 12.1 Å². The third-order valence-electron chi connectivity index (χ3n) is 3.32. The first-order valence-electron chi connectivity index (χ1n) is 6.01. The van der Waals surface area contributed by atoms with Gasteiger partial charge in [0.2, 0.25) is 5.91 Å². The molecule has 102 valence electrons. The maximum Gasteiger partial charge on any atom is 0.222 e. The fourth-order valence-electron chi connectivity index (χ4n) is 2.37. The standard InChI is InChI=1S/C13H14F2N2O2/c14-10-4-8(7-18)5-11(15)12(10)17-3-1-2-9(6-17)13(16)19/h4-5,7,9H,1-3,6H2,(H2,16,19). The highest BCUT2D eigenvalue weighted by molar-refractivity contribution is 5.78. The average molecular weight is 268 g/mol. The van der Waals surface area contributed by atoms with E-state index in [-0.39, 0.29) is 17.8 Å². The Balaban J connectivity index is 2.31. The number of nitrogens with zero attached hydrogens (tertiary/aromatic N) is 1. The molecular weight excluding hydrogens is 254 g/mol. The second kappa shape index (κ2) is 5.34. The van der Waals surface area contributed by atoms with Crippen molar-refractivity contribution in [3.8, 4) is 0 Å². The molecule has 0 saturated carbocycles. The summed E-state index contributed by atoms with van der Waals surface area (Å²) in [6.07, 6.45) is 1.65. The minimum atomic E-state index is -0.799. The molecule has 1 atom stereocenters. The first-order valence-corrected chi connectivity index (χ1v) is 6.01. The van der Waals surface area contributed by atoms with E-state index in [2.05, 4.69) is 0 Å². The third-order valence-corrected chi connectivity index (χ3v) is 3.32. The van der Waals surface area contributed by atoms with Gasteiger partial charge in [0.15, 0.2) is 0 Å². The van der Waals surface area contributed by atoms with Crippen LogP contribution in [0.3, 0.4) is 0 Å². The van der Waals surface area contributed by atoms with E-state index in [1.807, 2.05) is 0 Å². The molecule has 4 nitrogen and oxygen atoms in total. The number of nitrogens with two attached hydrogens (primary N) is 1. The second-order valence-electron chi connectivity index (χ2n) is 4.64. The number of carbonyl (C=O) groups excluding carboxylic acids is 2. The Labute approximate surface area is 109 Å². The number of hydrogen-bond acceptors (Lipinski definition) is 3. The molecule has 1 aliphatic rings. The van der Waals surface area contributed by atoms with Crippen LogP contribution in [0.2, 0.25) is 0 Å². The molecule has 19 heavy (non-hydrogen) atoms. The molecule has 2 rings (SSSR count). The largest absolute Gasteiger partial charge is 0.369 e. The zero-order valence-corrected chi connectivity index (χ0v) is 10.2. The van der Waals surface area contributed by atoms with Gasteiger partial charge in [-0.1, -0.05) is 0 Å². The molecule has 1 amide bonds. The highest BCUT2D eigenvalue weighted by Gasteiger charge is 2.27. The Morgan fingerprint density at radius 1 is 1.37 bits per heavy atom. The van der Waals surface area contributed by atoms with E-state index in [0.29, 0.717) is 25.7 Å². The van der Waals surface area contributed by atoms with Crippen LogP contribution in [-0.4, -0.2) is 25.3 Å². The molecule has 1 saturated heterocycles. The molecule has 1 aromatic rings. The van der Waals surface area contributed by atoms with Crippen molar-refractivity contribution >= 4 is 17.9 Å². The molecule has 0 aliphatic carbocycles. The molecule has 1 fully saturated rings. The van der Waals surface area contributed by atoms with Gasteiger partial charge in [-0.3, -0.25) is 9.59 Å². The van der Waals surface area contributed by atoms with Gasteiger partial charge in [0.05, 0.1) is 5.92 Å². The summed E-state index contributed by atoms with van der Waals surface area (Å²) in [6.45, 7) is 0.654. The van der Waals surface area contributed by atoms with E-state index in [9.17, 15) is 18.4 Å². The summed E-state index contributed by atoms with van der Waals surface area (Å²) in [5, 5.41) is 0. The average Bonchev–Trinajstić information content (AvgIpc) is 2.38. The topological polar surface area (TPSA) is 63.4 Å². The first-order chi connectivity index (χ1) is 9.02. The summed E-state index contributed by atoms with van der Waals surface area (Å²) in [5.74, 6) is -2.47. The van der Waals surface area contributed by atoms with Gasteiger partial charge in [0.1, 0.15) is 23.6 Å². The number of amides is 1. The third kappa shape index (κ3) is 2.72. The Morgan fingerprint density at radius 2 is 2.00 bits per heavy atom. The van der Waals surface area contributed by atoms with Crippen LogP contribution in [-0.2, 0) is 4.79 Å². The number of aldehydes is 1. The molecular formula is C13H14F2N2O2. The normalized spacial score (nSPS) is 19.3. The predicted octanol–water partition coefficient (Wildman–Crippen LogP) is 1.48. The number of primary amides is 1. The minimum Gasteiger partial charge on any atom is -0.369 e. The number of halogens is 2. The highest BCUT2D eigenvalue weighted by atomic mass is 19.1. The van der Waals surface area contributed by atoms with Crippen LogP contribution in [0.1, 0.15) is 23.2 Å². The molecule has 0 radical (unpaired) electrons. The van der Waals surface area contributed by atoms with Gasteiger partial charge in [0, 0.05) is 18.7 Å². The van der Waals surface area contributed by atoms with Gasteiger partial charge in [-0.05, 0) is 25.0 Å². The lowest BCUT2D eigenvalue weighted by Crippen LogP contribution is -2.41. The number of benzene rings is 1. The molecule has 6 heteroatoms. The maximum atomic E-state index is 13.9. The summed E-state index contributed by atoms with van der Waals surface area (Å²) >= 11 is 0. The van der Waals surface area contributed by atoms with E-state index in [1.54, 1.807) is 0 Å². The molecule has 0 bridgehead atoms. The predicted molar refractivity (Wildman–Crippen MR) is 65.9 cm³/mol. The molecule has 1 aliphatic heterocycles. The first kappa shape index (κ1) is 13.5. The van der Waals surface area contributed by atoms with E-state index >= 15 is 0 Å². The summed E-state index contributed by atoms with van der Waals surface area (Å²) in [5.41, 5.74) is 4.98. The quantitative estimate of drug-likeness (QED) is 0.844. The van der Waals surface area contributed by atoms with Crippen LogP contribution in [0.25, 0.3) is 0 Å². The summed E-state index contributed by atoms with van der Waals surface area (Å²) in [7, 11) is 0. The van der Waals surface area contributed by atoms with Crippen LogP contribution in [0.4, 0.5) is 14.5 Å². The van der Waals surface area contributed by atoms with Crippen LogP contribution >= 0.6 is 0 Å². The SMILES string of the molecule is NC(=O)C1CCCN(c2c(F)cc(C=O)cc2F)C1. The van der Waals surface area contributed by atoms with E-state index in [4.69, 9.17) is 5.73 Å². The Hall–Kier alpha value is -1.98. The number of rotatable bonds is 3. The van der Waals surface area contributed by atoms with Gasteiger partial charge in [-0.15, -0.1) is 0 Å². The smallest absolute Gasteiger partial charge is 0.222 e. The van der Waals surface area contributed by atoms with Gasteiger partial charge in [-0.2, -0.15) is 0 Å². The summed E-state index contributed by atoms with van der Waals surface area (Å²) in [4.78, 5) is 23.2. The zero-order valence-electron chi connectivity index (χ0n) is 10.2. The van der Waals surface area contributed by atoms with Gasteiger partial charge in [0.25, 0.3) is 0 Å². The van der Waals surface area contributed by atoms with Crippen molar-refractivity contribution in [3.05, 3.63) is 29.3 Å². The van der Waals surface area contributed by atoms with E-state index in [1.165, 1.54) is 4.90 Å². The molecule has 1 aromatic carbocycles. The lowest BCUT2D eigenvalue weighted by molar-refractivity contribution is -0.122. The van der Waals surface area contributed by atoms with E-state index in [0.717, 1.165) is 12.1 Å². The van der Waals surface area contributed by atoms with Crippen molar-refractivity contribution in [1.82, 2.24) is 0 Å². The van der Waals surface area contributed by atoms with Crippen molar-refractivity contribution in [2.45, 2.75) is 12.8 Å². The fourth-order valence-corrected chi connectivity index (χ4v) is 2.37. The number of piperidine rings is 1. The lowest BCUT2D eigenvalue weighted by atomic mass is 9.97. The number of anilines is 1. The Bertz CT molecular complexity index is 496. The molecule has 1 heterocycles. The molecule has 2 N–H and O–H groups in total. The zero-order chi connectivity index (χ0) is 14.0. The highest BCUT2D eigenvalue weighted by Crippen LogP contribution is 2.29. The lowest BCUT2D eigenvalue weighted by Gasteiger charge is -2.33. The Kier molecular flexibility index (Phi) is 3.78. The Morgan fingerprint density at radius 3 is 2.53 bits per heavy atom. The summed E-state index contributed by atoms with van der Waals surface area (Å²) in [6, 6.07) is 1.97. The number of carbonyl (C=O) groups is 2. The van der Waals surface area contributed by atoms with Crippen molar-refractivity contribution in [3.63, 3.8) is 0 Å². The fraction of sp³-hybridized carbons (Fsp3) is 0.385. The van der Waals surface area contributed by atoms with Gasteiger partial charge < -0.3 is 10.6 Å². The number of hydrogen-bond donors (Lipinski definition) is 1. The van der Waals surface area contributed by atoms with Gasteiger partial charge in [-0.25, -0.2) is 8.78 Å². The van der Waals surface area contributed by atoms with Crippen molar-refractivity contribution in [1.29, 1.82) is 0 Å². The van der Waals surface area contributed by atoms with Crippen molar-refractivity contribution in [2.75, 3.05) is 18.0 Å². The second-order valence-corrected chi connectivity index (χ2v) is 4.64. The molecule has 0 spiro atoms. The molecule has 1 unspecified atom stereocenters. The summed E-state index contributed by atoms with van der Waals surface area (Å²) < 4.78 is 27.7. The van der Waals surface area contributed by atoms with Crippen molar-refractivity contribution < 1.29 is 18.4 Å².